The van der Waals surface area contributed by atoms with Crippen molar-refractivity contribution in [2.45, 2.75) is 32.1 Å². The van der Waals surface area contributed by atoms with Crippen LogP contribution in [0.4, 0.5) is 4.39 Å². The van der Waals surface area contributed by atoms with Gasteiger partial charge in [0.25, 0.3) is 0 Å². The number of aromatic amines is 1. The summed E-state index contributed by atoms with van der Waals surface area (Å²) in [4.78, 5) is 0. The van der Waals surface area contributed by atoms with Gasteiger partial charge in [-0.15, -0.1) is 0 Å². The molecule has 1 aromatic heterocycles. The molecule has 0 radical (unpaired) electrons. The lowest BCUT2D eigenvalue weighted by atomic mass is 10.2. The summed E-state index contributed by atoms with van der Waals surface area (Å²) in [6.07, 6.45) is 2.23. The molecule has 0 spiro atoms. The molecular formula is C14H16FN3O2S. The second kappa shape index (κ2) is 6.36. The van der Waals surface area contributed by atoms with Crippen molar-refractivity contribution >= 4 is 12.2 Å². The minimum absolute atomic E-state index is 0.154. The van der Waals surface area contributed by atoms with E-state index in [1.807, 2.05) is 4.57 Å². The molecule has 1 aliphatic rings. The van der Waals surface area contributed by atoms with Crippen LogP contribution in [0.5, 0.6) is 5.75 Å². The van der Waals surface area contributed by atoms with E-state index in [1.165, 1.54) is 6.07 Å². The summed E-state index contributed by atoms with van der Waals surface area (Å²) in [5.41, 5.74) is 0. The molecule has 2 heterocycles. The average molecular weight is 309 g/mol. The highest BCUT2D eigenvalue weighted by molar-refractivity contribution is 7.71. The molecule has 0 unspecified atom stereocenters. The van der Waals surface area contributed by atoms with Crippen molar-refractivity contribution in [1.82, 2.24) is 14.8 Å². The zero-order valence-electron chi connectivity index (χ0n) is 11.4. The Morgan fingerprint density at radius 1 is 1.48 bits per heavy atom. The molecule has 2 aromatic rings. The molecule has 1 aromatic carbocycles. The van der Waals surface area contributed by atoms with Crippen LogP contribution >= 0.6 is 12.2 Å². The molecule has 1 atom stereocenters. The molecule has 0 amide bonds. The van der Waals surface area contributed by atoms with Crippen LogP contribution in [-0.4, -0.2) is 27.5 Å². The number of benzene rings is 1. The fraction of sp³-hybridized carbons (Fsp3) is 0.429. The van der Waals surface area contributed by atoms with Crippen LogP contribution in [0, 0.1) is 10.6 Å². The Kier molecular flexibility index (Phi) is 4.31. The van der Waals surface area contributed by atoms with Crippen molar-refractivity contribution in [3.63, 3.8) is 0 Å². The summed E-state index contributed by atoms with van der Waals surface area (Å²) in [6, 6.07) is 6.29. The van der Waals surface area contributed by atoms with Gasteiger partial charge in [-0.3, -0.25) is 9.67 Å². The zero-order chi connectivity index (χ0) is 14.7. The lowest BCUT2D eigenvalue weighted by molar-refractivity contribution is 0.0948. The Labute approximate surface area is 126 Å². The number of aromatic nitrogens is 3. The Balaban J connectivity index is 1.71. The Hall–Kier alpha value is -1.73. The SMILES string of the molecule is Fc1ccccc1OCc1n[nH]c(=S)n1C[C@H]1CCCO1. The Morgan fingerprint density at radius 3 is 3.10 bits per heavy atom. The minimum atomic E-state index is -0.391. The standard InChI is InChI=1S/C14H16FN3O2S/c15-11-5-1-2-6-12(11)20-9-13-16-17-14(21)18(13)8-10-4-3-7-19-10/h1-2,5-6,10H,3-4,7-9H2,(H,17,21)/t10-/m1/s1. The van der Waals surface area contributed by atoms with Crippen LogP contribution in [0.25, 0.3) is 0 Å². The molecule has 0 aliphatic carbocycles. The molecular weight excluding hydrogens is 293 g/mol. The highest BCUT2D eigenvalue weighted by Gasteiger charge is 2.18. The van der Waals surface area contributed by atoms with Crippen molar-refractivity contribution in [3.05, 3.63) is 40.7 Å². The van der Waals surface area contributed by atoms with Crippen LogP contribution in [0.15, 0.2) is 24.3 Å². The third kappa shape index (κ3) is 3.30. The maximum absolute atomic E-state index is 13.5. The van der Waals surface area contributed by atoms with E-state index in [2.05, 4.69) is 10.2 Å². The van der Waals surface area contributed by atoms with Crippen molar-refractivity contribution in [3.8, 4) is 5.75 Å². The molecule has 21 heavy (non-hydrogen) atoms. The van der Waals surface area contributed by atoms with Crippen molar-refractivity contribution < 1.29 is 13.9 Å². The van der Waals surface area contributed by atoms with Gasteiger partial charge in [0.1, 0.15) is 6.61 Å². The second-order valence-electron chi connectivity index (χ2n) is 4.91. The highest BCUT2D eigenvalue weighted by atomic mass is 32.1. The number of rotatable bonds is 5. The van der Waals surface area contributed by atoms with Crippen molar-refractivity contribution in [2.75, 3.05) is 6.61 Å². The Morgan fingerprint density at radius 2 is 2.33 bits per heavy atom. The molecule has 7 heteroatoms. The monoisotopic (exact) mass is 309 g/mol. The zero-order valence-corrected chi connectivity index (χ0v) is 12.2. The number of para-hydroxylation sites is 1. The van der Waals surface area contributed by atoms with Crippen molar-refractivity contribution in [2.24, 2.45) is 0 Å². The van der Waals surface area contributed by atoms with E-state index in [1.54, 1.807) is 18.2 Å². The van der Waals surface area contributed by atoms with Gasteiger partial charge in [0.05, 0.1) is 12.6 Å². The minimum Gasteiger partial charge on any atom is -0.483 e. The Bertz CT molecular complexity index is 664. The van der Waals surface area contributed by atoms with E-state index < -0.39 is 5.82 Å². The molecule has 0 saturated carbocycles. The average Bonchev–Trinajstić information content (AvgIpc) is 3.11. The van der Waals surface area contributed by atoms with Gasteiger partial charge in [-0.1, -0.05) is 12.1 Å². The van der Waals surface area contributed by atoms with Gasteiger partial charge in [-0.25, -0.2) is 4.39 Å². The van der Waals surface area contributed by atoms with E-state index >= 15 is 0 Å². The maximum atomic E-state index is 13.5. The summed E-state index contributed by atoms with van der Waals surface area (Å²) in [7, 11) is 0. The number of hydrogen-bond acceptors (Lipinski definition) is 4. The van der Waals surface area contributed by atoms with Crippen LogP contribution in [0.3, 0.4) is 0 Å². The number of halogens is 1. The quantitative estimate of drug-likeness (QED) is 0.863. The molecule has 3 rings (SSSR count). The van der Waals surface area contributed by atoms with Gasteiger partial charge in [-0.2, -0.15) is 5.10 Å². The van der Waals surface area contributed by atoms with Gasteiger partial charge in [0, 0.05) is 6.61 Å². The van der Waals surface area contributed by atoms with Gasteiger partial charge in [0.2, 0.25) is 0 Å². The van der Waals surface area contributed by atoms with E-state index in [0.29, 0.717) is 17.1 Å². The largest absolute Gasteiger partial charge is 0.483 e. The van der Waals surface area contributed by atoms with E-state index in [0.717, 1.165) is 19.4 Å². The van der Waals surface area contributed by atoms with Crippen LogP contribution in [-0.2, 0) is 17.9 Å². The third-order valence-corrected chi connectivity index (χ3v) is 3.75. The van der Waals surface area contributed by atoms with Crippen LogP contribution < -0.4 is 4.74 Å². The topological polar surface area (TPSA) is 52.1 Å². The first-order valence-electron chi connectivity index (χ1n) is 6.87. The molecule has 1 fully saturated rings. The van der Waals surface area contributed by atoms with Crippen LogP contribution in [0.1, 0.15) is 18.7 Å². The summed E-state index contributed by atoms with van der Waals surface area (Å²) in [6.45, 7) is 1.59. The smallest absolute Gasteiger partial charge is 0.195 e. The lowest BCUT2D eigenvalue weighted by Crippen LogP contribution is -2.18. The highest BCUT2D eigenvalue weighted by Crippen LogP contribution is 2.18. The third-order valence-electron chi connectivity index (χ3n) is 3.44. The molecule has 0 bridgehead atoms. The summed E-state index contributed by atoms with van der Waals surface area (Å²) in [5.74, 6) is 0.450. The first-order valence-corrected chi connectivity index (χ1v) is 7.28. The number of nitrogens with one attached hydrogen (secondary N) is 1. The number of hydrogen-bond donors (Lipinski definition) is 1. The summed E-state index contributed by atoms with van der Waals surface area (Å²) in [5, 5.41) is 6.89. The number of ether oxygens (including phenoxy) is 2. The predicted octanol–water partition coefficient (Wildman–Crippen LogP) is 2.84. The van der Waals surface area contributed by atoms with Gasteiger partial charge < -0.3 is 9.47 Å². The molecule has 1 N–H and O–H groups in total. The number of nitrogens with zero attached hydrogens (tertiary/aromatic N) is 2. The van der Waals surface area contributed by atoms with Gasteiger partial charge in [0.15, 0.2) is 22.2 Å². The first-order chi connectivity index (χ1) is 10.2. The van der Waals surface area contributed by atoms with E-state index in [4.69, 9.17) is 21.7 Å². The van der Waals surface area contributed by atoms with Crippen molar-refractivity contribution in [1.29, 1.82) is 0 Å². The van der Waals surface area contributed by atoms with Gasteiger partial charge in [-0.05, 0) is 37.2 Å². The fourth-order valence-electron chi connectivity index (χ4n) is 2.34. The summed E-state index contributed by atoms with van der Waals surface area (Å²) >= 11 is 5.22. The molecule has 1 aliphatic heterocycles. The van der Waals surface area contributed by atoms with E-state index in [-0.39, 0.29) is 18.5 Å². The van der Waals surface area contributed by atoms with E-state index in [9.17, 15) is 4.39 Å². The molecule has 5 nitrogen and oxygen atoms in total. The number of H-pyrrole nitrogens is 1. The molecule has 112 valence electrons. The second-order valence-corrected chi connectivity index (χ2v) is 5.30. The predicted molar refractivity (Wildman–Crippen MR) is 77.1 cm³/mol. The fourth-order valence-corrected chi connectivity index (χ4v) is 2.57. The van der Waals surface area contributed by atoms with Gasteiger partial charge >= 0.3 is 0 Å². The lowest BCUT2D eigenvalue weighted by Gasteiger charge is -2.12. The summed E-state index contributed by atoms with van der Waals surface area (Å²) < 4.78 is 27.0. The maximum Gasteiger partial charge on any atom is 0.195 e. The first kappa shape index (κ1) is 14.2. The molecule has 1 saturated heterocycles. The normalized spacial score (nSPS) is 18.0. The van der Waals surface area contributed by atoms with Crippen LogP contribution in [0.2, 0.25) is 0 Å².